The van der Waals surface area contributed by atoms with Gasteiger partial charge in [-0.05, 0) is 47.2 Å². The zero-order chi connectivity index (χ0) is 26.1. The summed E-state index contributed by atoms with van der Waals surface area (Å²) in [7, 11) is 1.47. The summed E-state index contributed by atoms with van der Waals surface area (Å²) in [6.07, 6.45) is -4.26. The average Bonchev–Trinajstić information content (AvgIpc) is 2.85. The van der Waals surface area contributed by atoms with Crippen LogP contribution in [0.2, 0.25) is 0 Å². The van der Waals surface area contributed by atoms with Gasteiger partial charge in [0.15, 0.2) is 11.0 Å². The van der Waals surface area contributed by atoms with E-state index in [0.29, 0.717) is 22.2 Å². The van der Waals surface area contributed by atoms with Gasteiger partial charge in [0.05, 0.1) is 19.2 Å². The summed E-state index contributed by atoms with van der Waals surface area (Å²) >= 11 is 0. The molecule has 0 radical (unpaired) electrons. The largest absolute Gasteiger partial charge is 0.496 e. The molecule has 0 saturated heterocycles. The van der Waals surface area contributed by atoms with Crippen molar-refractivity contribution in [2.45, 2.75) is 44.0 Å². The van der Waals surface area contributed by atoms with E-state index >= 15 is 0 Å². The third-order valence-electron chi connectivity index (χ3n) is 6.61. The number of hydrogen-bond acceptors (Lipinski definition) is 3. The van der Waals surface area contributed by atoms with E-state index < -0.39 is 30.2 Å². The Labute approximate surface area is 207 Å². The van der Waals surface area contributed by atoms with E-state index in [1.165, 1.54) is 23.9 Å². The first-order valence-electron chi connectivity index (χ1n) is 11.6. The quantitative estimate of drug-likeness (QED) is 0.326. The second kappa shape index (κ2) is 9.47. The maximum atomic E-state index is 14.5. The normalized spacial score (nSPS) is 14.0. The average molecular weight is 496 g/mol. The zero-order valence-corrected chi connectivity index (χ0v) is 20.3. The van der Waals surface area contributed by atoms with Crippen molar-refractivity contribution in [1.29, 1.82) is 0 Å². The molecule has 0 aliphatic carbocycles. The number of hydrogen-bond donors (Lipinski definition) is 1. The van der Waals surface area contributed by atoms with Gasteiger partial charge < -0.3 is 14.4 Å². The van der Waals surface area contributed by atoms with Gasteiger partial charge in [0.25, 0.3) is 0 Å². The molecule has 1 heterocycles. The maximum Gasteiger partial charge on any atom is 0.418 e. The van der Waals surface area contributed by atoms with Crippen molar-refractivity contribution >= 4 is 10.9 Å². The Balaban J connectivity index is 1.78. The van der Waals surface area contributed by atoms with Gasteiger partial charge in [-0.15, -0.1) is 0 Å². The van der Waals surface area contributed by atoms with Crippen molar-refractivity contribution in [3.63, 3.8) is 0 Å². The Bertz CT molecular complexity index is 1430. The highest BCUT2D eigenvalue weighted by Crippen LogP contribution is 2.45. The Morgan fingerprint density at radius 1 is 0.889 bits per heavy atom. The lowest BCUT2D eigenvalue weighted by atomic mass is 9.73. The minimum atomic E-state index is -4.93. The van der Waals surface area contributed by atoms with Crippen molar-refractivity contribution < 1.29 is 23.0 Å². The number of methoxy groups -OCH3 is 1. The van der Waals surface area contributed by atoms with Crippen LogP contribution in [0.3, 0.4) is 0 Å². The molecule has 7 heteroatoms. The second-order valence-corrected chi connectivity index (χ2v) is 9.70. The number of aliphatic hydroxyl groups is 1. The second-order valence-electron chi connectivity index (χ2n) is 9.70. The predicted molar refractivity (Wildman–Crippen MR) is 135 cm³/mol. The Morgan fingerprint density at radius 3 is 2.22 bits per heavy atom. The summed E-state index contributed by atoms with van der Waals surface area (Å²) < 4.78 is 50.3. The lowest BCUT2D eigenvalue weighted by molar-refractivity contribution is -0.271. The molecule has 3 aromatic carbocycles. The van der Waals surface area contributed by atoms with E-state index in [4.69, 9.17) is 4.74 Å². The summed E-state index contributed by atoms with van der Waals surface area (Å²) in [4.78, 5) is 12.2. The fourth-order valence-electron chi connectivity index (χ4n) is 4.80. The van der Waals surface area contributed by atoms with Crippen LogP contribution >= 0.6 is 0 Å². The summed E-state index contributed by atoms with van der Waals surface area (Å²) in [5, 5.41) is 11.5. The molecule has 0 saturated carbocycles. The molecule has 0 aliphatic heterocycles. The molecule has 0 fully saturated rings. The van der Waals surface area contributed by atoms with Crippen LogP contribution in [0.4, 0.5) is 13.2 Å². The lowest BCUT2D eigenvalue weighted by Crippen LogP contribution is -2.52. The summed E-state index contributed by atoms with van der Waals surface area (Å²) in [5.41, 5.74) is -1.87. The summed E-state index contributed by atoms with van der Waals surface area (Å²) in [5.74, 6) is 0.443. The predicted octanol–water partition coefficient (Wildman–Crippen LogP) is 6.34. The molecule has 1 N–H and O–H groups in total. The van der Waals surface area contributed by atoms with Gasteiger partial charge in [0.2, 0.25) is 0 Å². The molecule has 4 rings (SSSR count). The molecule has 188 valence electrons. The molecule has 4 nitrogen and oxygen atoms in total. The van der Waals surface area contributed by atoms with E-state index in [0.717, 1.165) is 11.1 Å². The number of pyridine rings is 1. The van der Waals surface area contributed by atoms with Crippen LogP contribution in [0.1, 0.15) is 25.8 Å². The van der Waals surface area contributed by atoms with Crippen LogP contribution in [0, 0.1) is 0 Å². The minimum absolute atomic E-state index is 0.291. The molecule has 1 unspecified atom stereocenters. The van der Waals surface area contributed by atoms with Crippen LogP contribution in [-0.4, -0.2) is 28.6 Å². The molecule has 36 heavy (non-hydrogen) atoms. The number of halogens is 3. The van der Waals surface area contributed by atoms with Gasteiger partial charge in [-0.2, -0.15) is 13.2 Å². The number of rotatable bonds is 7. The van der Waals surface area contributed by atoms with E-state index in [1.54, 1.807) is 44.2 Å². The summed E-state index contributed by atoms with van der Waals surface area (Å²) in [6.45, 7) is 2.57. The van der Waals surface area contributed by atoms with Crippen LogP contribution in [-0.2, 0) is 12.0 Å². The third-order valence-corrected chi connectivity index (χ3v) is 6.61. The van der Waals surface area contributed by atoms with E-state index in [2.05, 4.69) is 0 Å². The van der Waals surface area contributed by atoms with Crippen LogP contribution in [0.25, 0.3) is 22.0 Å². The highest BCUT2D eigenvalue weighted by atomic mass is 19.4. The summed E-state index contributed by atoms with van der Waals surface area (Å²) in [6, 6.07) is 22.6. The Kier molecular flexibility index (Phi) is 6.71. The van der Waals surface area contributed by atoms with E-state index in [1.807, 2.05) is 42.5 Å². The number of benzene rings is 3. The first-order chi connectivity index (χ1) is 16.9. The van der Waals surface area contributed by atoms with Crippen molar-refractivity contribution in [1.82, 2.24) is 4.57 Å². The van der Waals surface area contributed by atoms with Crippen molar-refractivity contribution in [2.24, 2.45) is 0 Å². The number of nitrogens with zero attached hydrogens (tertiary/aromatic N) is 1. The molecule has 1 atom stereocenters. The molecule has 0 aliphatic rings. The monoisotopic (exact) mass is 495 g/mol. The number of alkyl halides is 3. The van der Waals surface area contributed by atoms with Gasteiger partial charge in [-0.25, -0.2) is 0 Å². The van der Waals surface area contributed by atoms with E-state index in [-0.39, 0.29) is 5.43 Å². The van der Waals surface area contributed by atoms with Gasteiger partial charge in [0, 0.05) is 23.2 Å². The molecule has 1 aromatic heterocycles. The molecular formula is C29H28F3NO3. The number of fused-ring (bicyclic) bond motifs is 1. The molecular weight excluding hydrogens is 467 g/mol. The number of para-hydroxylation sites is 1. The van der Waals surface area contributed by atoms with Gasteiger partial charge in [0.1, 0.15) is 5.75 Å². The lowest BCUT2D eigenvalue weighted by Gasteiger charge is -2.39. The van der Waals surface area contributed by atoms with Gasteiger partial charge in [-0.3, -0.25) is 4.79 Å². The SMILES string of the molecule is COc1ccc(-c2ccccc2)cc1C(C)(C)CC(O)(Cn1ccc(=O)c2ccccc21)C(F)(F)F. The smallest absolute Gasteiger partial charge is 0.418 e. The van der Waals surface area contributed by atoms with Crippen LogP contribution in [0.15, 0.2) is 89.9 Å². The maximum absolute atomic E-state index is 14.5. The third kappa shape index (κ3) is 4.88. The number of aromatic nitrogens is 1. The molecule has 0 bridgehead atoms. The Morgan fingerprint density at radius 2 is 1.56 bits per heavy atom. The van der Waals surface area contributed by atoms with Gasteiger partial charge >= 0.3 is 6.18 Å². The molecule has 0 spiro atoms. The van der Waals surface area contributed by atoms with Crippen LogP contribution < -0.4 is 10.2 Å². The topological polar surface area (TPSA) is 51.5 Å². The fourth-order valence-corrected chi connectivity index (χ4v) is 4.80. The minimum Gasteiger partial charge on any atom is -0.496 e. The first kappa shape index (κ1) is 25.5. The van der Waals surface area contributed by atoms with E-state index in [9.17, 15) is 23.1 Å². The standard InChI is InChI=1S/C29H28F3NO3/c1-27(2,23-17-21(13-14-26(23)36-3)20-9-5-4-6-10-20)18-28(35,29(30,31)32)19-33-16-15-25(34)22-11-7-8-12-24(22)33/h4-17,35H,18-19H2,1-3H3. The highest BCUT2D eigenvalue weighted by molar-refractivity contribution is 5.78. The molecule has 4 aromatic rings. The fraction of sp³-hybridized carbons (Fsp3) is 0.276. The van der Waals surface area contributed by atoms with Gasteiger partial charge in [-0.1, -0.05) is 62.4 Å². The first-order valence-corrected chi connectivity index (χ1v) is 11.6. The Hall–Kier alpha value is -3.58. The highest BCUT2D eigenvalue weighted by Gasteiger charge is 2.56. The van der Waals surface area contributed by atoms with Crippen LogP contribution in [0.5, 0.6) is 5.75 Å². The van der Waals surface area contributed by atoms with Crippen molar-refractivity contribution in [3.05, 3.63) is 101 Å². The molecule has 0 amide bonds. The van der Waals surface area contributed by atoms with Crippen molar-refractivity contribution in [2.75, 3.05) is 7.11 Å². The zero-order valence-electron chi connectivity index (χ0n) is 20.3. The number of ether oxygens (including phenoxy) is 1. The van der Waals surface area contributed by atoms with Crippen molar-refractivity contribution in [3.8, 4) is 16.9 Å².